The lowest BCUT2D eigenvalue weighted by molar-refractivity contribution is -0.118. The van der Waals surface area contributed by atoms with Gasteiger partial charge in [0.2, 0.25) is 5.91 Å². The fraction of sp³-hybridized carbons (Fsp3) is 0.462. The molecule has 0 bridgehead atoms. The predicted molar refractivity (Wildman–Crippen MR) is 81.1 cm³/mol. The predicted octanol–water partition coefficient (Wildman–Crippen LogP) is 1.59. The highest BCUT2D eigenvalue weighted by molar-refractivity contribution is 7.90. The SMILES string of the molecule is CS(=O)(=O)c1cccc(NC(=O)C2CCCCN2)c1.Cl. The van der Waals surface area contributed by atoms with Gasteiger partial charge in [-0.3, -0.25) is 4.79 Å². The van der Waals surface area contributed by atoms with Gasteiger partial charge in [-0.1, -0.05) is 12.5 Å². The molecule has 1 aliphatic rings. The van der Waals surface area contributed by atoms with Crippen molar-refractivity contribution in [3.8, 4) is 0 Å². The molecule has 1 amide bonds. The minimum absolute atomic E-state index is 0. The molecule has 20 heavy (non-hydrogen) atoms. The molecule has 0 spiro atoms. The van der Waals surface area contributed by atoms with E-state index in [1.807, 2.05) is 0 Å². The topological polar surface area (TPSA) is 75.3 Å². The van der Waals surface area contributed by atoms with Crippen LogP contribution in [0.4, 0.5) is 5.69 Å². The zero-order chi connectivity index (χ0) is 13.9. The molecule has 112 valence electrons. The van der Waals surface area contributed by atoms with E-state index < -0.39 is 9.84 Å². The number of halogens is 1. The first-order valence-corrected chi connectivity index (χ1v) is 8.20. The molecule has 0 aliphatic carbocycles. The Labute approximate surface area is 125 Å². The number of amides is 1. The molecular formula is C13H19ClN2O3S. The Balaban J connectivity index is 0.00000200. The van der Waals surface area contributed by atoms with Crippen molar-refractivity contribution in [3.63, 3.8) is 0 Å². The van der Waals surface area contributed by atoms with Crippen LogP contribution in [0.2, 0.25) is 0 Å². The maximum atomic E-state index is 12.0. The van der Waals surface area contributed by atoms with E-state index in [1.54, 1.807) is 12.1 Å². The van der Waals surface area contributed by atoms with Crippen molar-refractivity contribution in [1.29, 1.82) is 0 Å². The molecule has 1 heterocycles. The van der Waals surface area contributed by atoms with Crippen molar-refractivity contribution < 1.29 is 13.2 Å². The first-order chi connectivity index (χ1) is 8.97. The molecule has 2 rings (SSSR count). The lowest BCUT2D eigenvalue weighted by Gasteiger charge is -2.22. The van der Waals surface area contributed by atoms with Crippen LogP contribution in [0.15, 0.2) is 29.2 Å². The Bertz CT molecular complexity index is 569. The zero-order valence-electron chi connectivity index (χ0n) is 11.3. The summed E-state index contributed by atoms with van der Waals surface area (Å²) < 4.78 is 22.9. The monoisotopic (exact) mass is 318 g/mol. The second-order valence-electron chi connectivity index (χ2n) is 4.79. The molecule has 0 radical (unpaired) electrons. The van der Waals surface area contributed by atoms with Gasteiger partial charge in [-0.05, 0) is 37.6 Å². The molecule has 2 N–H and O–H groups in total. The molecule has 1 aromatic carbocycles. The van der Waals surface area contributed by atoms with Crippen LogP contribution >= 0.6 is 12.4 Å². The van der Waals surface area contributed by atoms with Gasteiger partial charge in [0, 0.05) is 11.9 Å². The average Bonchev–Trinajstić information content (AvgIpc) is 2.39. The molecule has 0 aromatic heterocycles. The minimum Gasteiger partial charge on any atom is -0.325 e. The van der Waals surface area contributed by atoms with Crippen molar-refractivity contribution >= 4 is 33.8 Å². The van der Waals surface area contributed by atoms with Gasteiger partial charge in [-0.25, -0.2) is 8.42 Å². The summed E-state index contributed by atoms with van der Waals surface area (Å²) in [4.78, 5) is 12.2. The Hall–Kier alpha value is -1.11. The number of benzene rings is 1. The number of piperidine rings is 1. The molecular weight excluding hydrogens is 300 g/mol. The van der Waals surface area contributed by atoms with Crippen LogP contribution in [0.1, 0.15) is 19.3 Å². The summed E-state index contributed by atoms with van der Waals surface area (Å²) in [7, 11) is -3.25. The van der Waals surface area contributed by atoms with Gasteiger partial charge in [0.15, 0.2) is 9.84 Å². The van der Waals surface area contributed by atoms with Crippen LogP contribution in [0.25, 0.3) is 0 Å². The van der Waals surface area contributed by atoms with E-state index in [-0.39, 0.29) is 29.3 Å². The minimum atomic E-state index is -3.25. The van der Waals surface area contributed by atoms with Crippen molar-refractivity contribution in [1.82, 2.24) is 5.32 Å². The summed E-state index contributed by atoms with van der Waals surface area (Å²) >= 11 is 0. The van der Waals surface area contributed by atoms with Gasteiger partial charge in [-0.15, -0.1) is 12.4 Å². The van der Waals surface area contributed by atoms with Gasteiger partial charge < -0.3 is 10.6 Å². The van der Waals surface area contributed by atoms with Gasteiger partial charge >= 0.3 is 0 Å². The van der Waals surface area contributed by atoms with Crippen LogP contribution in [0.3, 0.4) is 0 Å². The Morgan fingerprint density at radius 3 is 2.70 bits per heavy atom. The van der Waals surface area contributed by atoms with Gasteiger partial charge in [0.1, 0.15) is 0 Å². The van der Waals surface area contributed by atoms with Gasteiger partial charge in [0.25, 0.3) is 0 Å². The van der Waals surface area contributed by atoms with Gasteiger partial charge in [0.05, 0.1) is 10.9 Å². The molecule has 1 saturated heterocycles. The lowest BCUT2D eigenvalue weighted by atomic mass is 10.0. The molecule has 0 saturated carbocycles. The van der Waals surface area contributed by atoms with Crippen LogP contribution < -0.4 is 10.6 Å². The maximum absolute atomic E-state index is 12.0. The van der Waals surface area contributed by atoms with E-state index in [0.29, 0.717) is 5.69 Å². The smallest absolute Gasteiger partial charge is 0.241 e. The van der Waals surface area contributed by atoms with E-state index in [9.17, 15) is 13.2 Å². The normalized spacial score (nSPS) is 18.9. The summed E-state index contributed by atoms with van der Waals surface area (Å²) in [6.07, 6.45) is 4.09. The summed E-state index contributed by atoms with van der Waals surface area (Å²) in [6.45, 7) is 0.849. The average molecular weight is 319 g/mol. The first-order valence-electron chi connectivity index (χ1n) is 6.31. The maximum Gasteiger partial charge on any atom is 0.241 e. The molecule has 1 fully saturated rings. The molecule has 1 aliphatic heterocycles. The van der Waals surface area contributed by atoms with Crippen LogP contribution in [0, 0.1) is 0 Å². The third-order valence-electron chi connectivity index (χ3n) is 3.16. The summed E-state index contributed by atoms with van der Waals surface area (Å²) in [5, 5.41) is 5.91. The molecule has 1 atom stereocenters. The fourth-order valence-corrected chi connectivity index (χ4v) is 2.78. The van der Waals surface area contributed by atoms with E-state index in [4.69, 9.17) is 0 Å². The van der Waals surface area contributed by atoms with Crippen molar-refractivity contribution in [2.75, 3.05) is 18.1 Å². The molecule has 1 aromatic rings. The summed E-state index contributed by atoms with van der Waals surface area (Å²) in [6, 6.07) is 6.13. The molecule has 1 unspecified atom stereocenters. The van der Waals surface area contributed by atoms with Crippen molar-refractivity contribution in [3.05, 3.63) is 24.3 Å². The van der Waals surface area contributed by atoms with E-state index in [2.05, 4.69) is 10.6 Å². The van der Waals surface area contributed by atoms with Crippen molar-refractivity contribution in [2.45, 2.75) is 30.2 Å². The lowest BCUT2D eigenvalue weighted by Crippen LogP contribution is -2.43. The Morgan fingerprint density at radius 1 is 1.35 bits per heavy atom. The Kier molecular flexibility index (Phi) is 5.98. The third kappa shape index (κ3) is 4.47. The highest BCUT2D eigenvalue weighted by Crippen LogP contribution is 2.16. The zero-order valence-corrected chi connectivity index (χ0v) is 12.9. The fourth-order valence-electron chi connectivity index (χ4n) is 2.11. The quantitative estimate of drug-likeness (QED) is 0.887. The number of carbonyl (C=O) groups is 1. The third-order valence-corrected chi connectivity index (χ3v) is 4.27. The number of anilines is 1. The highest BCUT2D eigenvalue weighted by atomic mass is 35.5. The van der Waals surface area contributed by atoms with E-state index >= 15 is 0 Å². The Morgan fingerprint density at radius 2 is 2.10 bits per heavy atom. The number of hydrogen-bond acceptors (Lipinski definition) is 4. The summed E-state index contributed by atoms with van der Waals surface area (Å²) in [5.41, 5.74) is 0.514. The number of sulfone groups is 1. The number of rotatable bonds is 3. The number of hydrogen-bond donors (Lipinski definition) is 2. The molecule has 7 heteroatoms. The largest absolute Gasteiger partial charge is 0.325 e. The number of carbonyl (C=O) groups excluding carboxylic acids is 1. The van der Waals surface area contributed by atoms with Crippen LogP contribution in [0.5, 0.6) is 0 Å². The van der Waals surface area contributed by atoms with Crippen LogP contribution in [-0.2, 0) is 14.6 Å². The first kappa shape index (κ1) is 16.9. The summed E-state index contributed by atoms with van der Waals surface area (Å²) in [5.74, 6) is -0.106. The van der Waals surface area contributed by atoms with Crippen LogP contribution in [-0.4, -0.2) is 33.2 Å². The number of nitrogens with one attached hydrogen (secondary N) is 2. The molecule has 5 nitrogen and oxygen atoms in total. The second-order valence-corrected chi connectivity index (χ2v) is 6.81. The van der Waals surface area contributed by atoms with Gasteiger partial charge in [-0.2, -0.15) is 0 Å². The van der Waals surface area contributed by atoms with E-state index in [1.165, 1.54) is 12.1 Å². The van der Waals surface area contributed by atoms with E-state index in [0.717, 1.165) is 32.1 Å². The standard InChI is InChI=1S/C13H18N2O3S.ClH/c1-19(17,18)11-6-4-5-10(9-11)15-13(16)12-7-2-3-8-14-12;/h4-6,9,12,14H,2-3,7-8H2,1H3,(H,15,16);1H. The highest BCUT2D eigenvalue weighted by Gasteiger charge is 2.20. The van der Waals surface area contributed by atoms with Crippen molar-refractivity contribution in [2.24, 2.45) is 0 Å². The second kappa shape index (κ2) is 7.06.